The lowest BCUT2D eigenvalue weighted by Gasteiger charge is -2.18. The van der Waals surface area contributed by atoms with Crippen molar-refractivity contribution in [2.24, 2.45) is 0 Å². The van der Waals surface area contributed by atoms with Crippen LogP contribution in [-0.4, -0.2) is 15.6 Å². The molecule has 2 heterocycles. The SMILES string of the molecule is Cc1cc(=O)c(C(=O)O)c(C2CC2)n1Cc1cccs1. The first-order chi connectivity index (χ1) is 9.58. The van der Waals surface area contributed by atoms with Gasteiger partial charge < -0.3 is 9.67 Å². The lowest BCUT2D eigenvalue weighted by atomic mass is 10.1. The molecule has 2 aromatic rings. The summed E-state index contributed by atoms with van der Waals surface area (Å²) in [5.74, 6) is -0.898. The fourth-order valence-corrected chi connectivity index (χ4v) is 3.25. The number of aryl methyl sites for hydroxylation is 1. The van der Waals surface area contributed by atoms with Crippen LogP contribution in [0.25, 0.3) is 0 Å². The zero-order chi connectivity index (χ0) is 14.3. The van der Waals surface area contributed by atoms with Crippen molar-refractivity contribution in [3.8, 4) is 0 Å². The third-order valence-electron chi connectivity index (χ3n) is 3.63. The van der Waals surface area contributed by atoms with E-state index in [1.54, 1.807) is 11.3 Å². The van der Waals surface area contributed by atoms with E-state index in [1.807, 2.05) is 29.0 Å². The molecule has 1 N–H and O–H groups in total. The molecule has 5 heteroatoms. The molecule has 1 aliphatic rings. The number of hydrogen-bond acceptors (Lipinski definition) is 3. The highest BCUT2D eigenvalue weighted by Gasteiger charge is 2.33. The third-order valence-corrected chi connectivity index (χ3v) is 4.49. The van der Waals surface area contributed by atoms with Crippen molar-refractivity contribution < 1.29 is 9.90 Å². The molecule has 0 saturated heterocycles. The number of nitrogens with zero attached hydrogens (tertiary/aromatic N) is 1. The Morgan fingerprint density at radius 1 is 1.50 bits per heavy atom. The summed E-state index contributed by atoms with van der Waals surface area (Å²) in [4.78, 5) is 24.6. The number of thiophene rings is 1. The molecule has 0 spiro atoms. The molecule has 0 amide bonds. The van der Waals surface area contributed by atoms with E-state index in [9.17, 15) is 14.7 Å². The molecule has 1 fully saturated rings. The van der Waals surface area contributed by atoms with E-state index in [0.717, 1.165) is 23.4 Å². The van der Waals surface area contributed by atoms with Crippen LogP contribution in [0.1, 0.15) is 45.4 Å². The fourth-order valence-electron chi connectivity index (χ4n) is 2.56. The minimum Gasteiger partial charge on any atom is -0.477 e. The third kappa shape index (κ3) is 2.29. The summed E-state index contributed by atoms with van der Waals surface area (Å²) in [7, 11) is 0. The predicted octanol–water partition coefficient (Wildman–Crippen LogP) is 2.84. The molecule has 2 aromatic heterocycles. The summed E-state index contributed by atoms with van der Waals surface area (Å²) >= 11 is 1.64. The van der Waals surface area contributed by atoms with E-state index < -0.39 is 5.97 Å². The van der Waals surface area contributed by atoms with Gasteiger partial charge in [-0.1, -0.05) is 6.07 Å². The Bertz CT molecular complexity index is 711. The maximum absolute atomic E-state index is 12.0. The second-order valence-electron chi connectivity index (χ2n) is 5.16. The van der Waals surface area contributed by atoms with Crippen LogP contribution < -0.4 is 5.43 Å². The second kappa shape index (κ2) is 4.90. The number of hydrogen-bond donors (Lipinski definition) is 1. The van der Waals surface area contributed by atoms with Crippen LogP contribution in [0.4, 0.5) is 0 Å². The number of rotatable bonds is 4. The highest BCUT2D eigenvalue weighted by molar-refractivity contribution is 7.09. The molecule has 0 atom stereocenters. The molecule has 20 heavy (non-hydrogen) atoms. The molecule has 0 unspecified atom stereocenters. The largest absolute Gasteiger partial charge is 0.477 e. The number of carboxylic acid groups (broad SMARTS) is 1. The molecule has 0 bridgehead atoms. The Kier molecular flexibility index (Phi) is 3.22. The van der Waals surface area contributed by atoms with Crippen molar-refractivity contribution in [2.75, 3.05) is 0 Å². The summed E-state index contributed by atoms with van der Waals surface area (Å²) < 4.78 is 1.99. The van der Waals surface area contributed by atoms with Crippen LogP contribution in [0.5, 0.6) is 0 Å². The number of carbonyl (C=O) groups is 1. The van der Waals surface area contributed by atoms with Crippen LogP contribution >= 0.6 is 11.3 Å². The van der Waals surface area contributed by atoms with E-state index in [4.69, 9.17) is 0 Å². The van der Waals surface area contributed by atoms with E-state index in [1.165, 1.54) is 6.07 Å². The first-order valence-electron chi connectivity index (χ1n) is 6.58. The number of pyridine rings is 1. The molecule has 4 nitrogen and oxygen atoms in total. The Morgan fingerprint density at radius 3 is 2.80 bits per heavy atom. The Hall–Kier alpha value is -1.88. The number of carboxylic acids is 1. The van der Waals surface area contributed by atoms with Crippen molar-refractivity contribution in [3.63, 3.8) is 0 Å². The molecule has 0 radical (unpaired) electrons. The molecule has 0 aliphatic heterocycles. The highest BCUT2D eigenvalue weighted by Crippen LogP contribution is 2.41. The van der Waals surface area contributed by atoms with Gasteiger partial charge >= 0.3 is 5.97 Å². The number of aromatic nitrogens is 1. The van der Waals surface area contributed by atoms with Crippen LogP contribution in [0.15, 0.2) is 28.4 Å². The first-order valence-corrected chi connectivity index (χ1v) is 7.46. The van der Waals surface area contributed by atoms with Crippen molar-refractivity contribution in [1.29, 1.82) is 0 Å². The molecule has 0 aromatic carbocycles. The van der Waals surface area contributed by atoms with Crippen LogP contribution in [-0.2, 0) is 6.54 Å². The van der Waals surface area contributed by atoms with Gasteiger partial charge in [0.25, 0.3) is 0 Å². The first kappa shape index (κ1) is 13.1. The maximum atomic E-state index is 12.0. The van der Waals surface area contributed by atoms with Gasteiger partial charge in [0, 0.05) is 28.2 Å². The summed E-state index contributed by atoms with van der Waals surface area (Å²) in [6.45, 7) is 2.50. The van der Waals surface area contributed by atoms with Gasteiger partial charge in [-0.2, -0.15) is 0 Å². The van der Waals surface area contributed by atoms with Gasteiger partial charge in [0.2, 0.25) is 0 Å². The van der Waals surface area contributed by atoms with Gasteiger partial charge in [0.15, 0.2) is 5.43 Å². The van der Waals surface area contributed by atoms with E-state index in [2.05, 4.69) is 0 Å². The van der Waals surface area contributed by atoms with Gasteiger partial charge in [-0.05, 0) is 31.2 Å². The van der Waals surface area contributed by atoms with Gasteiger partial charge in [-0.3, -0.25) is 4.79 Å². The summed E-state index contributed by atoms with van der Waals surface area (Å²) in [5.41, 5.74) is 1.11. The van der Waals surface area contributed by atoms with E-state index in [-0.39, 0.29) is 16.9 Å². The van der Waals surface area contributed by atoms with Crippen molar-refractivity contribution in [1.82, 2.24) is 4.57 Å². The second-order valence-corrected chi connectivity index (χ2v) is 6.19. The van der Waals surface area contributed by atoms with Crippen LogP contribution in [0.2, 0.25) is 0 Å². The van der Waals surface area contributed by atoms with Crippen molar-refractivity contribution >= 4 is 17.3 Å². The Balaban J connectivity index is 2.19. The topological polar surface area (TPSA) is 59.3 Å². The van der Waals surface area contributed by atoms with Gasteiger partial charge in [0.1, 0.15) is 5.56 Å². The smallest absolute Gasteiger partial charge is 0.341 e. The summed E-state index contributed by atoms with van der Waals surface area (Å²) in [6.07, 6.45) is 1.93. The van der Waals surface area contributed by atoms with Crippen LogP contribution in [0, 0.1) is 6.92 Å². The van der Waals surface area contributed by atoms with Crippen molar-refractivity contribution in [2.45, 2.75) is 32.2 Å². The molecule has 1 aliphatic carbocycles. The molecular weight excluding hydrogens is 274 g/mol. The Morgan fingerprint density at radius 2 is 2.25 bits per heavy atom. The van der Waals surface area contributed by atoms with Gasteiger partial charge in [0.05, 0.1) is 6.54 Å². The maximum Gasteiger partial charge on any atom is 0.341 e. The average Bonchev–Trinajstić information content (AvgIpc) is 3.09. The predicted molar refractivity (Wildman–Crippen MR) is 77.8 cm³/mol. The quantitative estimate of drug-likeness (QED) is 0.941. The van der Waals surface area contributed by atoms with Crippen LogP contribution in [0.3, 0.4) is 0 Å². The molecule has 104 valence electrons. The zero-order valence-electron chi connectivity index (χ0n) is 11.1. The standard InChI is InChI=1S/C15H15NO3S/c1-9-7-12(17)13(15(18)19)14(10-4-5-10)16(9)8-11-3-2-6-20-11/h2-3,6-7,10H,4-5,8H2,1H3,(H,18,19). The lowest BCUT2D eigenvalue weighted by molar-refractivity contribution is 0.0693. The fraction of sp³-hybridized carbons (Fsp3) is 0.333. The molecule has 3 rings (SSSR count). The van der Waals surface area contributed by atoms with Gasteiger partial charge in [-0.25, -0.2) is 4.79 Å². The van der Waals surface area contributed by atoms with E-state index in [0.29, 0.717) is 12.2 Å². The molecule has 1 saturated carbocycles. The summed E-state index contributed by atoms with van der Waals surface area (Å²) in [5, 5.41) is 11.4. The monoisotopic (exact) mass is 289 g/mol. The average molecular weight is 289 g/mol. The lowest BCUT2D eigenvalue weighted by Crippen LogP contribution is -2.24. The number of aromatic carboxylic acids is 1. The molecular formula is C15H15NO3S. The van der Waals surface area contributed by atoms with Crippen molar-refractivity contribution in [3.05, 3.63) is 55.6 Å². The minimum atomic E-state index is -1.11. The summed E-state index contributed by atoms with van der Waals surface area (Å²) in [6, 6.07) is 5.44. The Labute approximate surface area is 120 Å². The van der Waals surface area contributed by atoms with E-state index >= 15 is 0 Å². The highest BCUT2D eigenvalue weighted by atomic mass is 32.1. The zero-order valence-corrected chi connectivity index (χ0v) is 11.9. The van der Waals surface area contributed by atoms with Gasteiger partial charge in [-0.15, -0.1) is 11.3 Å². The normalized spacial score (nSPS) is 14.4. The minimum absolute atomic E-state index is 0.0466.